The Hall–Kier alpha value is -0.750. The second kappa shape index (κ2) is 6.86. The van der Waals surface area contributed by atoms with Gasteiger partial charge in [0.1, 0.15) is 0 Å². The molecular formula is C11H20N2O3S. The van der Waals surface area contributed by atoms with Gasteiger partial charge in [0.25, 0.3) is 0 Å². The molecule has 0 aliphatic carbocycles. The van der Waals surface area contributed by atoms with E-state index in [4.69, 9.17) is 4.74 Å². The Kier molecular flexibility index (Phi) is 5.77. The minimum Gasteiger partial charge on any atom is -0.463 e. The normalized spacial score (nSPS) is 21.3. The third-order valence-electron chi connectivity index (χ3n) is 2.37. The zero-order chi connectivity index (χ0) is 12.8. The van der Waals surface area contributed by atoms with Gasteiger partial charge < -0.3 is 10.1 Å². The van der Waals surface area contributed by atoms with E-state index in [-0.39, 0.29) is 29.9 Å². The van der Waals surface area contributed by atoms with Gasteiger partial charge in [-0.2, -0.15) is 0 Å². The fourth-order valence-corrected chi connectivity index (χ4v) is 2.31. The van der Waals surface area contributed by atoms with Crippen LogP contribution in [0.2, 0.25) is 0 Å². The van der Waals surface area contributed by atoms with Crippen molar-refractivity contribution in [3.8, 4) is 0 Å². The molecule has 1 heterocycles. The second-order valence-electron chi connectivity index (χ2n) is 4.40. The highest BCUT2D eigenvalue weighted by molar-refractivity contribution is 7.99. The fraction of sp³-hybridized carbons (Fsp3) is 0.818. The lowest BCUT2D eigenvalue weighted by Crippen LogP contribution is -2.44. The first kappa shape index (κ1) is 14.3. The Morgan fingerprint density at radius 2 is 2.18 bits per heavy atom. The first-order valence-corrected chi connectivity index (χ1v) is 6.95. The average Bonchev–Trinajstić information content (AvgIpc) is 2.77. The van der Waals surface area contributed by atoms with Gasteiger partial charge in [-0.15, -0.1) is 11.8 Å². The maximum absolute atomic E-state index is 11.7. The lowest BCUT2D eigenvalue weighted by Gasteiger charge is -2.16. The van der Waals surface area contributed by atoms with Gasteiger partial charge in [0.15, 0.2) is 0 Å². The lowest BCUT2D eigenvalue weighted by molar-refractivity contribution is -0.151. The molecule has 0 spiro atoms. The molecule has 17 heavy (non-hydrogen) atoms. The van der Waals surface area contributed by atoms with Crippen LogP contribution in [0.5, 0.6) is 0 Å². The van der Waals surface area contributed by atoms with E-state index in [0.29, 0.717) is 6.54 Å². The van der Waals surface area contributed by atoms with Gasteiger partial charge in [-0.25, -0.2) is 0 Å². The minimum absolute atomic E-state index is 0.0424. The SMILES string of the molecule is CC(C)OC(=O)C(C)CNC(=O)C1CSCN1. The van der Waals surface area contributed by atoms with Crippen molar-refractivity contribution in [1.82, 2.24) is 10.6 Å². The number of hydrogen-bond acceptors (Lipinski definition) is 5. The molecular weight excluding hydrogens is 240 g/mol. The van der Waals surface area contributed by atoms with Gasteiger partial charge in [-0.05, 0) is 13.8 Å². The maximum atomic E-state index is 11.7. The number of ether oxygens (including phenoxy) is 1. The molecule has 0 bridgehead atoms. The molecule has 1 rings (SSSR count). The van der Waals surface area contributed by atoms with Crippen LogP contribution in [0.4, 0.5) is 0 Å². The highest BCUT2D eigenvalue weighted by Crippen LogP contribution is 2.09. The molecule has 0 radical (unpaired) electrons. The van der Waals surface area contributed by atoms with E-state index in [1.165, 1.54) is 0 Å². The quantitative estimate of drug-likeness (QED) is 0.698. The van der Waals surface area contributed by atoms with Gasteiger partial charge in [0.2, 0.25) is 5.91 Å². The first-order chi connectivity index (χ1) is 8.00. The number of esters is 1. The van der Waals surface area contributed by atoms with E-state index in [1.807, 2.05) is 13.8 Å². The summed E-state index contributed by atoms with van der Waals surface area (Å²) in [7, 11) is 0. The summed E-state index contributed by atoms with van der Waals surface area (Å²) in [4.78, 5) is 23.1. The average molecular weight is 260 g/mol. The Labute approximate surface area is 106 Å². The van der Waals surface area contributed by atoms with Gasteiger partial charge in [-0.3, -0.25) is 14.9 Å². The molecule has 2 N–H and O–H groups in total. The van der Waals surface area contributed by atoms with Crippen molar-refractivity contribution in [3.63, 3.8) is 0 Å². The van der Waals surface area contributed by atoms with Crippen LogP contribution < -0.4 is 10.6 Å². The Morgan fingerprint density at radius 1 is 1.47 bits per heavy atom. The number of carbonyl (C=O) groups is 2. The van der Waals surface area contributed by atoms with Crippen molar-refractivity contribution >= 4 is 23.6 Å². The highest BCUT2D eigenvalue weighted by Gasteiger charge is 2.23. The van der Waals surface area contributed by atoms with Gasteiger partial charge in [-0.1, -0.05) is 6.92 Å². The van der Waals surface area contributed by atoms with E-state index < -0.39 is 0 Å². The highest BCUT2D eigenvalue weighted by atomic mass is 32.2. The molecule has 1 saturated heterocycles. The summed E-state index contributed by atoms with van der Waals surface area (Å²) in [5.74, 6) is 0.975. The van der Waals surface area contributed by atoms with Crippen LogP contribution in [0.25, 0.3) is 0 Å². The maximum Gasteiger partial charge on any atom is 0.310 e. The minimum atomic E-state index is -0.310. The molecule has 2 unspecified atom stereocenters. The van der Waals surface area contributed by atoms with Crippen LogP contribution in [0.1, 0.15) is 20.8 Å². The second-order valence-corrected chi connectivity index (χ2v) is 5.43. The molecule has 1 aliphatic heterocycles. The summed E-state index contributed by atoms with van der Waals surface area (Å²) in [6.07, 6.45) is -0.117. The van der Waals surface area contributed by atoms with Crippen LogP contribution in [-0.4, -0.2) is 42.2 Å². The van der Waals surface area contributed by atoms with E-state index >= 15 is 0 Å². The molecule has 0 saturated carbocycles. The van der Waals surface area contributed by atoms with Crippen LogP contribution in [-0.2, 0) is 14.3 Å². The van der Waals surface area contributed by atoms with Gasteiger partial charge >= 0.3 is 5.97 Å². The molecule has 6 heteroatoms. The van der Waals surface area contributed by atoms with E-state index in [2.05, 4.69) is 10.6 Å². The van der Waals surface area contributed by atoms with Crippen LogP contribution >= 0.6 is 11.8 Å². The smallest absolute Gasteiger partial charge is 0.310 e. The molecule has 0 aromatic heterocycles. The number of hydrogen-bond donors (Lipinski definition) is 2. The zero-order valence-corrected chi connectivity index (χ0v) is 11.3. The summed E-state index contributed by atoms with van der Waals surface area (Å²) in [6.45, 7) is 5.70. The number of amides is 1. The Morgan fingerprint density at radius 3 is 2.71 bits per heavy atom. The first-order valence-electron chi connectivity index (χ1n) is 5.80. The molecule has 98 valence electrons. The zero-order valence-electron chi connectivity index (χ0n) is 10.5. The Balaban J connectivity index is 2.24. The summed E-state index contributed by atoms with van der Waals surface area (Å²) >= 11 is 1.70. The molecule has 1 aliphatic rings. The van der Waals surface area contributed by atoms with Crippen LogP contribution in [0.3, 0.4) is 0 Å². The van der Waals surface area contributed by atoms with Crippen molar-refractivity contribution in [1.29, 1.82) is 0 Å². The topological polar surface area (TPSA) is 67.4 Å². The monoisotopic (exact) mass is 260 g/mol. The van der Waals surface area contributed by atoms with Crippen LogP contribution in [0.15, 0.2) is 0 Å². The molecule has 1 fully saturated rings. The van der Waals surface area contributed by atoms with E-state index in [0.717, 1.165) is 11.6 Å². The van der Waals surface area contributed by atoms with Crippen LogP contribution in [0, 0.1) is 5.92 Å². The van der Waals surface area contributed by atoms with Crippen molar-refractivity contribution in [2.75, 3.05) is 18.2 Å². The molecule has 5 nitrogen and oxygen atoms in total. The van der Waals surface area contributed by atoms with Crippen molar-refractivity contribution < 1.29 is 14.3 Å². The molecule has 0 aromatic rings. The molecule has 2 atom stereocenters. The third-order valence-corrected chi connectivity index (χ3v) is 3.31. The number of thioether (sulfide) groups is 1. The van der Waals surface area contributed by atoms with Gasteiger partial charge in [0, 0.05) is 18.2 Å². The predicted octanol–water partition coefficient (Wildman–Crippen LogP) is 0.353. The van der Waals surface area contributed by atoms with Crippen molar-refractivity contribution in [3.05, 3.63) is 0 Å². The number of nitrogens with one attached hydrogen (secondary N) is 2. The molecule has 0 aromatic carbocycles. The molecule has 1 amide bonds. The third kappa shape index (κ3) is 4.95. The van der Waals surface area contributed by atoms with Gasteiger partial charge in [0.05, 0.1) is 18.1 Å². The lowest BCUT2D eigenvalue weighted by atomic mass is 10.2. The summed E-state index contributed by atoms with van der Waals surface area (Å²) < 4.78 is 5.06. The Bertz CT molecular complexity index is 278. The van der Waals surface area contributed by atoms with E-state index in [9.17, 15) is 9.59 Å². The van der Waals surface area contributed by atoms with E-state index in [1.54, 1.807) is 18.7 Å². The summed E-state index contributed by atoms with van der Waals surface area (Å²) in [5, 5.41) is 5.84. The number of rotatable bonds is 5. The van der Waals surface area contributed by atoms with Crippen molar-refractivity contribution in [2.24, 2.45) is 5.92 Å². The van der Waals surface area contributed by atoms with Crippen molar-refractivity contribution in [2.45, 2.75) is 32.9 Å². The fourth-order valence-electron chi connectivity index (χ4n) is 1.37. The summed E-state index contributed by atoms with van der Waals surface area (Å²) in [5.41, 5.74) is 0. The largest absolute Gasteiger partial charge is 0.463 e. The summed E-state index contributed by atoms with van der Waals surface area (Å²) in [6, 6.07) is -0.131. The predicted molar refractivity (Wildman–Crippen MR) is 67.7 cm³/mol. The standard InChI is InChI=1S/C11H20N2O3S/c1-7(2)16-11(15)8(3)4-12-10(14)9-5-17-6-13-9/h7-9,13H,4-6H2,1-3H3,(H,12,14). The number of carbonyl (C=O) groups excluding carboxylic acids is 2.